The van der Waals surface area contributed by atoms with Crippen molar-refractivity contribution in [3.05, 3.63) is 21.9 Å². The fourth-order valence-electron chi connectivity index (χ4n) is 1.79. The molecule has 2 unspecified atom stereocenters. The Kier molecular flexibility index (Phi) is 5.34. The van der Waals surface area contributed by atoms with Gasteiger partial charge in [0, 0.05) is 15.8 Å². The molecule has 1 nitrogen and oxygen atoms in total. The van der Waals surface area contributed by atoms with E-state index in [1.54, 1.807) is 0 Å². The largest absolute Gasteiger partial charge is 0.309 e. The van der Waals surface area contributed by atoms with Crippen LogP contribution in [0.4, 0.5) is 0 Å². The highest BCUT2D eigenvalue weighted by Gasteiger charge is 2.18. The van der Waals surface area contributed by atoms with E-state index < -0.39 is 0 Å². The normalized spacial score (nSPS) is 15.2. The number of aryl methyl sites for hydroxylation is 1. The number of rotatable bonds is 6. The first kappa shape index (κ1) is 12.7. The molecule has 0 spiro atoms. The predicted octanol–water partition coefficient (Wildman–Crippen LogP) is 4.01. The topological polar surface area (TPSA) is 12.0 Å². The minimum absolute atomic E-state index is 0.547. The molecule has 0 aromatic carbocycles. The van der Waals surface area contributed by atoms with E-state index in [4.69, 9.17) is 0 Å². The molecule has 2 atom stereocenters. The lowest BCUT2D eigenvalue weighted by molar-refractivity contribution is 0.389. The fraction of sp³-hybridized carbons (Fsp3) is 0.692. The van der Waals surface area contributed by atoms with E-state index in [1.165, 1.54) is 16.2 Å². The lowest BCUT2D eigenvalue weighted by Crippen LogP contribution is -2.25. The Morgan fingerprint density at radius 1 is 1.27 bits per heavy atom. The summed E-state index contributed by atoms with van der Waals surface area (Å²) in [5.74, 6) is 0.716. The Balaban J connectivity index is 2.78. The van der Waals surface area contributed by atoms with Gasteiger partial charge in [0.15, 0.2) is 0 Å². The van der Waals surface area contributed by atoms with Crippen molar-refractivity contribution in [2.75, 3.05) is 6.54 Å². The van der Waals surface area contributed by atoms with Crippen molar-refractivity contribution in [2.45, 2.75) is 46.6 Å². The zero-order valence-electron chi connectivity index (χ0n) is 10.3. The number of hydrogen-bond donors (Lipinski definition) is 1. The molecule has 0 amide bonds. The lowest BCUT2D eigenvalue weighted by atomic mass is 9.98. The van der Waals surface area contributed by atoms with Crippen LogP contribution in [-0.4, -0.2) is 6.54 Å². The highest BCUT2D eigenvalue weighted by atomic mass is 32.1. The Morgan fingerprint density at radius 3 is 2.47 bits per heavy atom. The first-order chi connectivity index (χ1) is 7.22. The molecule has 86 valence electrons. The van der Waals surface area contributed by atoms with E-state index in [0.717, 1.165) is 13.0 Å². The van der Waals surface area contributed by atoms with Crippen LogP contribution < -0.4 is 5.32 Å². The van der Waals surface area contributed by atoms with Crippen LogP contribution in [0.15, 0.2) is 12.1 Å². The van der Waals surface area contributed by atoms with Crippen LogP contribution in [0.2, 0.25) is 0 Å². The lowest BCUT2D eigenvalue weighted by Gasteiger charge is -2.22. The summed E-state index contributed by atoms with van der Waals surface area (Å²) >= 11 is 1.96. The summed E-state index contributed by atoms with van der Waals surface area (Å²) in [4.78, 5) is 3.00. The molecule has 0 saturated carbocycles. The van der Waals surface area contributed by atoms with Gasteiger partial charge in [-0.1, -0.05) is 34.1 Å². The SMILES string of the molecule is CCNC(c1ccc(CC)s1)C(C)CC. The standard InChI is InChI=1S/C13H23NS/c1-5-10(4)13(14-7-3)12-9-8-11(6-2)15-12/h8-10,13-14H,5-7H2,1-4H3. The monoisotopic (exact) mass is 225 g/mol. The minimum atomic E-state index is 0.547. The molecule has 0 bridgehead atoms. The van der Waals surface area contributed by atoms with E-state index in [2.05, 4.69) is 45.1 Å². The molecule has 2 heteroatoms. The summed E-state index contributed by atoms with van der Waals surface area (Å²) in [6.07, 6.45) is 2.39. The van der Waals surface area contributed by atoms with Crippen LogP contribution >= 0.6 is 11.3 Å². The molecule has 0 saturated heterocycles. The van der Waals surface area contributed by atoms with Gasteiger partial charge in [0.2, 0.25) is 0 Å². The Labute approximate surface area is 97.9 Å². The van der Waals surface area contributed by atoms with Gasteiger partial charge in [-0.25, -0.2) is 0 Å². The summed E-state index contributed by atoms with van der Waals surface area (Å²) in [7, 11) is 0. The van der Waals surface area contributed by atoms with Crippen LogP contribution in [0, 0.1) is 5.92 Å². The molecule has 1 N–H and O–H groups in total. The van der Waals surface area contributed by atoms with Crippen LogP contribution in [0.25, 0.3) is 0 Å². The fourth-order valence-corrected chi connectivity index (χ4v) is 2.95. The molecule has 1 heterocycles. The number of hydrogen-bond acceptors (Lipinski definition) is 2. The van der Waals surface area contributed by atoms with Gasteiger partial charge in [0.05, 0.1) is 0 Å². The van der Waals surface area contributed by atoms with Gasteiger partial charge in [-0.3, -0.25) is 0 Å². The second kappa shape index (κ2) is 6.29. The predicted molar refractivity (Wildman–Crippen MR) is 69.6 cm³/mol. The second-order valence-corrected chi connectivity index (χ2v) is 5.28. The molecule has 0 radical (unpaired) electrons. The molecule has 0 aliphatic rings. The zero-order chi connectivity index (χ0) is 11.3. The summed E-state index contributed by atoms with van der Waals surface area (Å²) in [6, 6.07) is 5.11. The first-order valence-corrected chi connectivity index (χ1v) is 6.86. The van der Waals surface area contributed by atoms with Gasteiger partial charge in [0.25, 0.3) is 0 Å². The maximum absolute atomic E-state index is 3.60. The van der Waals surface area contributed by atoms with E-state index in [1.807, 2.05) is 11.3 Å². The molecule has 1 aromatic heterocycles. The summed E-state index contributed by atoms with van der Waals surface area (Å²) in [6.45, 7) is 10.1. The second-order valence-electron chi connectivity index (χ2n) is 4.08. The van der Waals surface area contributed by atoms with Crippen molar-refractivity contribution >= 4 is 11.3 Å². The van der Waals surface area contributed by atoms with E-state index in [-0.39, 0.29) is 0 Å². The maximum Gasteiger partial charge on any atom is 0.0440 e. The smallest absolute Gasteiger partial charge is 0.0440 e. The van der Waals surface area contributed by atoms with E-state index in [9.17, 15) is 0 Å². The van der Waals surface area contributed by atoms with Gasteiger partial charge >= 0.3 is 0 Å². The highest BCUT2D eigenvalue weighted by molar-refractivity contribution is 7.12. The Hall–Kier alpha value is -0.340. The third-order valence-corrected chi connectivity index (χ3v) is 4.29. The average molecular weight is 225 g/mol. The molecule has 0 aliphatic heterocycles. The Morgan fingerprint density at radius 2 is 2.00 bits per heavy atom. The summed E-state index contributed by atoms with van der Waals surface area (Å²) in [5, 5.41) is 3.60. The van der Waals surface area contributed by atoms with Gasteiger partial charge in [-0.2, -0.15) is 0 Å². The van der Waals surface area contributed by atoms with Crippen LogP contribution in [0.3, 0.4) is 0 Å². The summed E-state index contributed by atoms with van der Waals surface area (Å²) < 4.78 is 0. The number of thiophene rings is 1. The molecular weight excluding hydrogens is 202 g/mol. The molecule has 0 aliphatic carbocycles. The van der Waals surface area contributed by atoms with Gasteiger partial charge < -0.3 is 5.32 Å². The average Bonchev–Trinajstić information content (AvgIpc) is 2.73. The van der Waals surface area contributed by atoms with Crippen molar-refractivity contribution in [3.8, 4) is 0 Å². The molecule has 15 heavy (non-hydrogen) atoms. The van der Waals surface area contributed by atoms with Crippen LogP contribution in [-0.2, 0) is 6.42 Å². The number of nitrogens with one attached hydrogen (secondary N) is 1. The molecule has 1 rings (SSSR count). The molecule has 0 fully saturated rings. The quantitative estimate of drug-likeness (QED) is 0.771. The first-order valence-electron chi connectivity index (χ1n) is 6.04. The van der Waals surface area contributed by atoms with Crippen molar-refractivity contribution < 1.29 is 0 Å². The van der Waals surface area contributed by atoms with Gasteiger partial charge in [-0.15, -0.1) is 11.3 Å². The van der Waals surface area contributed by atoms with Gasteiger partial charge in [0.1, 0.15) is 0 Å². The van der Waals surface area contributed by atoms with E-state index >= 15 is 0 Å². The van der Waals surface area contributed by atoms with Crippen LogP contribution in [0.1, 0.15) is 49.9 Å². The minimum Gasteiger partial charge on any atom is -0.309 e. The van der Waals surface area contributed by atoms with Crippen molar-refractivity contribution in [3.63, 3.8) is 0 Å². The van der Waals surface area contributed by atoms with Crippen LogP contribution in [0.5, 0.6) is 0 Å². The van der Waals surface area contributed by atoms with Crippen molar-refractivity contribution in [1.29, 1.82) is 0 Å². The summed E-state index contributed by atoms with van der Waals surface area (Å²) in [5.41, 5.74) is 0. The highest BCUT2D eigenvalue weighted by Crippen LogP contribution is 2.30. The Bertz CT molecular complexity index is 280. The van der Waals surface area contributed by atoms with E-state index in [0.29, 0.717) is 12.0 Å². The van der Waals surface area contributed by atoms with Gasteiger partial charge in [-0.05, 0) is 31.0 Å². The maximum atomic E-state index is 3.60. The van der Waals surface area contributed by atoms with Crippen molar-refractivity contribution in [2.24, 2.45) is 5.92 Å². The molecular formula is C13H23NS. The molecule has 1 aromatic rings. The zero-order valence-corrected chi connectivity index (χ0v) is 11.2. The van der Waals surface area contributed by atoms with Crippen molar-refractivity contribution in [1.82, 2.24) is 5.32 Å². The third kappa shape index (κ3) is 3.32. The third-order valence-electron chi connectivity index (χ3n) is 2.97.